The van der Waals surface area contributed by atoms with Crippen LogP contribution in [0.5, 0.6) is 0 Å². The van der Waals surface area contributed by atoms with E-state index < -0.39 is 24.5 Å². The van der Waals surface area contributed by atoms with E-state index in [-0.39, 0.29) is 12.6 Å². The van der Waals surface area contributed by atoms with E-state index in [0.29, 0.717) is 5.52 Å². The molecule has 0 unspecified atom stereocenters. The molecule has 0 radical (unpaired) electrons. The van der Waals surface area contributed by atoms with Gasteiger partial charge in [-0.3, -0.25) is 4.57 Å². The fourth-order valence-electron chi connectivity index (χ4n) is 2.73. The summed E-state index contributed by atoms with van der Waals surface area (Å²) >= 11 is 0. The fourth-order valence-corrected chi connectivity index (χ4v) is 2.73. The van der Waals surface area contributed by atoms with Gasteiger partial charge in [-0.25, -0.2) is 4.98 Å². The monoisotopic (exact) mass is 293 g/mol. The minimum Gasteiger partial charge on any atom is -0.394 e. The van der Waals surface area contributed by atoms with Crippen molar-refractivity contribution in [2.24, 2.45) is 0 Å². The Morgan fingerprint density at radius 3 is 2.52 bits per heavy atom. The van der Waals surface area contributed by atoms with Crippen molar-refractivity contribution in [3.63, 3.8) is 0 Å². The van der Waals surface area contributed by atoms with Gasteiger partial charge in [0.25, 0.3) is 0 Å². The van der Waals surface area contributed by atoms with Gasteiger partial charge in [0.05, 0.1) is 17.6 Å². The molecule has 1 aliphatic rings. The number of rotatable bonds is 2. The van der Waals surface area contributed by atoms with Gasteiger partial charge in [0.15, 0.2) is 6.23 Å². The first-order valence-electron chi connectivity index (χ1n) is 6.81. The molecule has 0 aliphatic carbocycles. The molecule has 7 nitrogen and oxygen atoms in total. The highest BCUT2D eigenvalue weighted by Crippen LogP contribution is 2.34. The highest BCUT2D eigenvalue weighted by atomic mass is 16.6. The highest BCUT2D eigenvalue weighted by Gasteiger charge is 2.44. The van der Waals surface area contributed by atoms with E-state index >= 15 is 0 Å². The molecule has 7 heteroatoms. The molecule has 0 saturated carbocycles. The Morgan fingerprint density at radius 1 is 1.24 bits per heavy atom. The summed E-state index contributed by atoms with van der Waals surface area (Å²) in [7, 11) is 0. The average molecular weight is 293 g/mol. The van der Waals surface area contributed by atoms with Crippen molar-refractivity contribution in [1.82, 2.24) is 9.55 Å². The van der Waals surface area contributed by atoms with Crippen molar-refractivity contribution >= 4 is 17.0 Å². The zero-order valence-electron chi connectivity index (χ0n) is 11.9. The third-order valence-electron chi connectivity index (χ3n) is 4.10. The average Bonchev–Trinajstić information content (AvgIpc) is 2.89. The van der Waals surface area contributed by atoms with Crippen LogP contribution in [-0.4, -0.2) is 49.8 Å². The van der Waals surface area contributed by atoms with Crippen LogP contribution < -0.4 is 5.73 Å². The number of aliphatic hydroxyl groups excluding tert-OH is 3. The molecular formula is C14H19N3O4. The summed E-state index contributed by atoms with van der Waals surface area (Å²) in [5.41, 5.74) is 9.53. The van der Waals surface area contributed by atoms with Gasteiger partial charge in [0.1, 0.15) is 18.3 Å². The van der Waals surface area contributed by atoms with Crippen molar-refractivity contribution < 1.29 is 20.1 Å². The Bertz CT molecular complexity index is 684. The number of aromatic nitrogens is 2. The first-order valence-corrected chi connectivity index (χ1v) is 6.81. The van der Waals surface area contributed by atoms with Gasteiger partial charge in [0.2, 0.25) is 5.95 Å². The van der Waals surface area contributed by atoms with E-state index in [2.05, 4.69) is 4.98 Å². The Balaban J connectivity index is 2.12. The maximum Gasteiger partial charge on any atom is 0.203 e. The molecule has 114 valence electrons. The largest absolute Gasteiger partial charge is 0.394 e. The second kappa shape index (κ2) is 4.96. The molecule has 4 atom stereocenters. The zero-order valence-corrected chi connectivity index (χ0v) is 11.9. The molecule has 1 aromatic heterocycles. The van der Waals surface area contributed by atoms with Crippen molar-refractivity contribution in [2.75, 3.05) is 12.3 Å². The fraction of sp³-hybridized carbons (Fsp3) is 0.500. The molecule has 1 aliphatic heterocycles. The van der Waals surface area contributed by atoms with Gasteiger partial charge in [-0.2, -0.15) is 0 Å². The van der Waals surface area contributed by atoms with Crippen molar-refractivity contribution in [2.45, 2.75) is 38.4 Å². The molecule has 1 fully saturated rings. The van der Waals surface area contributed by atoms with Crippen LogP contribution >= 0.6 is 0 Å². The quantitative estimate of drug-likeness (QED) is 0.612. The van der Waals surface area contributed by atoms with Crippen molar-refractivity contribution in [3.8, 4) is 0 Å². The van der Waals surface area contributed by atoms with Crippen LogP contribution in [0, 0.1) is 13.8 Å². The molecule has 1 saturated heterocycles. The lowest BCUT2D eigenvalue weighted by Gasteiger charge is -2.18. The van der Waals surface area contributed by atoms with E-state index in [1.165, 1.54) is 0 Å². The standard InChI is InChI=1S/C14H19N3O4/c1-6-3-8-9(4-7(6)2)17(14(15)16-8)13-12(20)11(19)10(5-18)21-13/h3-4,10-13,18-20H,5H2,1-2H3,(H2,15,16)/t10-,11+,12+,13-/m0/s1. The molecule has 2 aromatic rings. The van der Waals surface area contributed by atoms with Gasteiger partial charge in [0, 0.05) is 0 Å². The first kappa shape index (κ1) is 14.3. The van der Waals surface area contributed by atoms with E-state index in [1.807, 2.05) is 26.0 Å². The number of fused-ring (bicyclic) bond motifs is 1. The van der Waals surface area contributed by atoms with Gasteiger partial charge < -0.3 is 25.8 Å². The Labute approximate surface area is 121 Å². The number of aryl methyl sites for hydroxylation is 2. The molecule has 1 aromatic carbocycles. The van der Waals surface area contributed by atoms with Crippen LogP contribution in [0.25, 0.3) is 11.0 Å². The lowest BCUT2D eigenvalue weighted by Crippen LogP contribution is -2.33. The van der Waals surface area contributed by atoms with Crippen LogP contribution in [0.1, 0.15) is 17.4 Å². The number of nitrogen functional groups attached to an aromatic ring is 1. The minimum absolute atomic E-state index is 0.199. The Hall–Kier alpha value is -1.67. The molecule has 2 heterocycles. The second-order valence-corrected chi connectivity index (χ2v) is 5.49. The number of hydrogen-bond donors (Lipinski definition) is 4. The summed E-state index contributed by atoms with van der Waals surface area (Å²) in [6, 6.07) is 3.83. The normalized spacial score (nSPS) is 29.4. The van der Waals surface area contributed by atoms with Crippen LogP contribution in [0.3, 0.4) is 0 Å². The van der Waals surface area contributed by atoms with Gasteiger partial charge in [-0.05, 0) is 37.1 Å². The molecular weight excluding hydrogens is 274 g/mol. The van der Waals surface area contributed by atoms with Crippen LogP contribution in [-0.2, 0) is 4.74 Å². The van der Waals surface area contributed by atoms with Gasteiger partial charge >= 0.3 is 0 Å². The van der Waals surface area contributed by atoms with Gasteiger partial charge in [-0.15, -0.1) is 0 Å². The SMILES string of the molecule is Cc1cc2nc(N)n([C@H]3O[C@@H](CO)[C@@H](O)[C@H]3O)c2cc1C. The smallest absolute Gasteiger partial charge is 0.203 e. The minimum atomic E-state index is -1.18. The number of nitrogens with two attached hydrogens (primary N) is 1. The highest BCUT2D eigenvalue weighted by molar-refractivity contribution is 5.80. The van der Waals surface area contributed by atoms with Crippen LogP contribution in [0.2, 0.25) is 0 Å². The summed E-state index contributed by atoms with van der Waals surface area (Å²) in [4.78, 5) is 4.28. The summed E-state index contributed by atoms with van der Waals surface area (Å²) in [5.74, 6) is 0.199. The summed E-state index contributed by atoms with van der Waals surface area (Å²) in [5, 5.41) is 29.2. The Kier molecular flexibility index (Phi) is 3.37. The molecule has 21 heavy (non-hydrogen) atoms. The Morgan fingerprint density at radius 2 is 1.90 bits per heavy atom. The lowest BCUT2D eigenvalue weighted by molar-refractivity contribution is -0.0498. The predicted molar refractivity (Wildman–Crippen MR) is 76.6 cm³/mol. The molecule has 0 spiro atoms. The van der Waals surface area contributed by atoms with Crippen molar-refractivity contribution in [3.05, 3.63) is 23.3 Å². The molecule has 0 amide bonds. The summed E-state index contributed by atoms with van der Waals surface area (Å²) in [6.45, 7) is 3.58. The van der Waals surface area contributed by atoms with Gasteiger partial charge in [-0.1, -0.05) is 0 Å². The third kappa shape index (κ3) is 2.09. The second-order valence-electron chi connectivity index (χ2n) is 5.49. The van der Waals surface area contributed by atoms with E-state index in [4.69, 9.17) is 10.5 Å². The number of aliphatic hydroxyl groups is 3. The summed E-state index contributed by atoms with van der Waals surface area (Å²) < 4.78 is 7.09. The number of ether oxygens (including phenoxy) is 1. The van der Waals surface area contributed by atoms with Crippen LogP contribution in [0.15, 0.2) is 12.1 Å². The van der Waals surface area contributed by atoms with E-state index in [9.17, 15) is 15.3 Å². The maximum absolute atomic E-state index is 10.1. The number of benzene rings is 1. The number of anilines is 1. The predicted octanol–water partition coefficient (Wildman–Crippen LogP) is -0.153. The van der Waals surface area contributed by atoms with Crippen LogP contribution in [0.4, 0.5) is 5.95 Å². The third-order valence-corrected chi connectivity index (χ3v) is 4.10. The number of nitrogens with zero attached hydrogens (tertiary/aromatic N) is 2. The van der Waals surface area contributed by atoms with Crippen molar-refractivity contribution in [1.29, 1.82) is 0 Å². The number of hydrogen-bond acceptors (Lipinski definition) is 6. The first-order chi connectivity index (χ1) is 9.93. The van der Waals surface area contributed by atoms with E-state index in [0.717, 1.165) is 16.6 Å². The maximum atomic E-state index is 10.1. The molecule has 5 N–H and O–H groups in total. The summed E-state index contributed by atoms with van der Waals surface area (Å²) in [6.07, 6.45) is -4.05. The zero-order chi connectivity index (χ0) is 15.3. The lowest BCUT2D eigenvalue weighted by atomic mass is 10.1. The van der Waals surface area contributed by atoms with E-state index in [1.54, 1.807) is 4.57 Å². The molecule has 3 rings (SSSR count). The number of imidazole rings is 1. The topological polar surface area (TPSA) is 114 Å². The molecule has 0 bridgehead atoms.